The lowest BCUT2D eigenvalue weighted by molar-refractivity contribution is 0.477. The van der Waals surface area contributed by atoms with Crippen molar-refractivity contribution in [2.24, 2.45) is 0 Å². The Balaban J connectivity index is 2.11. The lowest BCUT2D eigenvalue weighted by Gasteiger charge is -2.11. The molecule has 2 aromatic rings. The Bertz CT molecular complexity index is 634. The van der Waals surface area contributed by atoms with Crippen LogP contribution in [0.4, 0.5) is 4.39 Å². The fraction of sp³-hybridized carbons (Fsp3) is 0.250. The number of ether oxygens (including phenoxy) is 1. The Morgan fingerprint density at radius 3 is 2.62 bits per heavy atom. The molecule has 0 heterocycles. The molecule has 0 aromatic heterocycles. The van der Waals surface area contributed by atoms with Crippen LogP contribution in [0, 0.1) is 5.82 Å². The van der Waals surface area contributed by atoms with Crippen LogP contribution >= 0.6 is 27.5 Å². The monoisotopic (exact) mass is 371 g/mol. The van der Waals surface area contributed by atoms with E-state index in [9.17, 15) is 4.39 Å². The van der Waals surface area contributed by atoms with E-state index in [1.807, 2.05) is 18.2 Å². The molecule has 0 radical (unpaired) electrons. The van der Waals surface area contributed by atoms with Gasteiger partial charge in [-0.1, -0.05) is 31.5 Å². The van der Waals surface area contributed by atoms with Gasteiger partial charge in [-0.2, -0.15) is 0 Å². The predicted molar refractivity (Wildman–Crippen MR) is 87.6 cm³/mol. The molecule has 0 unspecified atom stereocenters. The van der Waals surface area contributed by atoms with Gasteiger partial charge in [-0.25, -0.2) is 4.39 Å². The van der Waals surface area contributed by atoms with Crippen molar-refractivity contribution < 1.29 is 9.13 Å². The first-order valence-corrected chi connectivity index (χ1v) is 7.77. The molecule has 21 heavy (non-hydrogen) atoms. The van der Waals surface area contributed by atoms with E-state index in [4.69, 9.17) is 16.3 Å². The number of halogens is 3. The van der Waals surface area contributed by atoms with Gasteiger partial charge in [-0.15, -0.1) is 0 Å². The second kappa shape index (κ2) is 7.25. The summed E-state index contributed by atoms with van der Waals surface area (Å²) < 4.78 is 19.7. The molecule has 0 aliphatic carbocycles. The summed E-state index contributed by atoms with van der Waals surface area (Å²) in [6.07, 6.45) is 0. The van der Waals surface area contributed by atoms with Gasteiger partial charge in [0.15, 0.2) is 0 Å². The zero-order valence-electron chi connectivity index (χ0n) is 11.8. The predicted octanol–water partition coefficient (Wildman–Crippen LogP) is 5.53. The van der Waals surface area contributed by atoms with Crippen LogP contribution in [0.5, 0.6) is 11.5 Å². The van der Waals surface area contributed by atoms with Gasteiger partial charge >= 0.3 is 0 Å². The Morgan fingerprint density at radius 2 is 2.00 bits per heavy atom. The molecular weight excluding hydrogens is 357 g/mol. The van der Waals surface area contributed by atoms with E-state index >= 15 is 0 Å². The van der Waals surface area contributed by atoms with Crippen molar-refractivity contribution >= 4 is 27.5 Å². The molecule has 2 rings (SSSR count). The molecule has 0 aliphatic rings. The molecule has 0 spiro atoms. The number of hydrogen-bond acceptors (Lipinski definition) is 2. The first kappa shape index (κ1) is 16.3. The second-order valence-corrected chi connectivity index (χ2v) is 6.24. The minimum absolute atomic E-state index is 0.0429. The Hall–Kier alpha value is -1.10. The van der Waals surface area contributed by atoms with Crippen molar-refractivity contribution in [1.29, 1.82) is 0 Å². The van der Waals surface area contributed by atoms with Crippen LogP contribution in [0.15, 0.2) is 40.9 Å². The average molecular weight is 373 g/mol. The summed E-state index contributed by atoms with van der Waals surface area (Å²) in [5.41, 5.74) is 1.15. The van der Waals surface area contributed by atoms with Gasteiger partial charge in [0.2, 0.25) is 0 Å². The van der Waals surface area contributed by atoms with E-state index in [-0.39, 0.29) is 5.02 Å². The second-order valence-electron chi connectivity index (χ2n) is 4.98. The molecule has 0 bridgehead atoms. The molecule has 0 atom stereocenters. The molecular formula is C16H16BrClFNO. The van der Waals surface area contributed by atoms with Gasteiger partial charge in [0.25, 0.3) is 0 Å². The molecule has 0 amide bonds. The molecule has 2 aromatic carbocycles. The Morgan fingerprint density at radius 1 is 1.24 bits per heavy atom. The Labute approximate surface area is 137 Å². The molecule has 0 saturated carbocycles. The van der Waals surface area contributed by atoms with Gasteiger partial charge in [0, 0.05) is 18.7 Å². The van der Waals surface area contributed by atoms with Crippen molar-refractivity contribution in [3.8, 4) is 11.5 Å². The maximum Gasteiger partial charge on any atom is 0.142 e. The topological polar surface area (TPSA) is 21.3 Å². The maximum atomic E-state index is 13.1. The van der Waals surface area contributed by atoms with Crippen LogP contribution in [0.1, 0.15) is 19.4 Å². The lowest BCUT2D eigenvalue weighted by atomic mass is 10.2. The third-order valence-corrected chi connectivity index (χ3v) is 3.74. The minimum Gasteiger partial charge on any atom is -0.456 e. The van der Waals surface area contributed by atoms with Gasteiger partial charge in [0.1, 0.15) is 17.3 Å². The van der Waals surface area contributed by atoms with Gasteiger partial charge in [-0.3, -0.25) is 0 Å². The van der Waals surface area contributed by atoms with Crippen LogP contribution in [0.2, 0.25) is 5.02 Å². The third kappa shape index (κ3) is 4.70. The SMILES string of the molecule is CC(C)NCc1ccc(Oc2ccc(F)c(Cl)c2)c(Br)c1. The van der Waals surface area contributed by atoms with Crippen molar-refractivity contribution in [3.63, 3.8) is 0 Å². The molecule has 0 fully saturated rings. The van der Waals surface area contributed by atoms with E-state index in [0.29, 0.717) is 17.5 Å². The van der Waals surface area contributed by atoms with Crippen LogP contribution in [-0.4, -0.2) is 6.04 Å². The fourth-order valence-corrected chi connectivity index (χ4v) is 2.40. The molecule has 2 nitrogen and oxygen atoms in total. The van der Waals surface area contributed by atoms with Crippen LogP contribution in [0.3, 0.4) is 0 Å². The van der Waals surface area contributed by atoms with Crippen molar-refractivity contribution in [2.75, 3.05) is 0 Å². The van der Waals surface area contributed by atoms with E-state index in [0.717, 1.165) is 16.6 Å². The van der Waals surface area contributed by atoms with Crippen molar-refractivity contribution in [3.05, 3.63) is 57.3 Å². The number of hydrogen-bond donors (Lipinski definition) is 1. The normalized spacial score (nSPS) is 11.0. The van der Waals surface area contributed by atoms with E-state index in [1.165, 1.54) is 12.1 Å². The first-order valence-electron chi connectivity index (χ1n) is 6.60. The summed E-state index contributed by atoms with van der Waals surface area (Å²) in [6, 6.07) is 10.6. The number of benzene rings is 2. The average Bonchev–Trinajstić information content (AvgIpc) is 2.43. The molecule has 1 N–H and O–H groups in total. The van der Waals surface area contributed by atoms with E-state index in [2.05, 4.69) is 35.1 Å². The van der Waals surface area contributed by atoms with Crippen molar-refractivity contribution in [2.45, 2.75) is 26.4 Å². The van der Waals surface area contributed by atoms with E-state index < -0.39 is 5.82 Å². The quantitative estimate of drug-likeness (QED) is 0.745. The zero-order valence-corrected chi connectivity index (χ0v) is 14.1. The third-order valence-electron chi connectivity index (χ3n) is 2.83. The van der Waals surface area contributed by atoms with Gasteiger partial charge in [-0.05, 0) is 45.8 Å². The van der Waals surface area contributed by atoms with Crippen molar-refractivity contribution in [1.82, 2.24) is 5.32 Å². The highest BCUT2D eigenvalue weighted by Gasteiger charge is 2.07. The minimum atomic E-state index is -0.460. The summed E-state index contributed by atoms with van der Waals surface area (Å²) in [5.74, 6) is 0.694. The molecule has 5 heteroatoms. The molecule has 0 aliphatic heterocycles. The van der Waals surface area contributed by atoms with Crippen LogP contribution < -0.4 is 10.1 Å². The smallest absolute Gasteiger partial charge is 0.142 e. The largest absolute Gasteiger partial charge is 0.456 e. The lowest BCUT2D eigenvalue weighted by Crippen LogP contribution is -2.21. The van der Waals surface area contributed by atoms with Crippen LogP contribution in [-0.2, 0) is 6.54 Å². The fourth-order valence-electron chi connectivity index (χ4n) is 1.73. The Kier molecular flexibility index (Phi) is 5.62. The standard InChI is InChI=1S/C16H16BrClFNO/c1-10(2)20-9-11-3-6-16(13(17)7-11)21-12-4-5-15(19)14(18)8-12/h3-8,10,20H,9H2,1-2H3. The summed E-state index contributed by atoms with van der Waals surface area (Å²) in [6.45, 7) is 4.99. The van der Waals surface area contributed by atoms with E-state index in [1.54, 1.807) is 6.07 Å². The summed E-state index contributed by atoms with van der Waals surface area (Å²) in [4.78, 5) is 0. The maximum absolute atomic E-state index is 13.1. The highest BCUT2D eigenvalue weighted by molar-refractivity contribution is 9.10. The summed E-state index contributed by atoms with van der Waals surface area (Å²) in [5, 5.41) is 3.39. The zero-order chi connectivity index (χ0) is 15.4. The molecule has 0 saturated heterocycles. The highest BCUT2D eigenvalue weighted by atomic mass is 79.9. The molecule has 112 valence electrons. The number of nitrogens with one attached hydrogen (secondary N) is 1. The van der Waals surface area contributed by atoms with Crippen LogP contribution in [0.25, 0.3) is 0 Å². The first-order chi connectivity index (χ1) is 9.95. The van der Waals surface area contributed by atoms with Gasteiger partial charge < -0.3 is 10.1 Å². The highest BCUT2D eigenvalue weighted by Crippen LogP contribution is 2.32. The van der Waals surface area contributed by atoms with Gasteiger partial charge in [0.05, 0.1) is 9.50 Å². The summed E-state index contributed by atoms with van der Waals surface area (Å²) in [7, 11) is 0. The number of rotatable bonds is 5. The summed E-state index contributed by atoms with van der Waals surface area (Å²) >= 11 is 9.23.